The summed E-state index contributed by atoms with van der Waals surface area (Å²) in [5.41, 5.74) is 0. The minimum absolute atomic E-state index is 0.0818. The number of rotatable bonds is 4. The smallest absolute Gasteiger partial charge is 0.0204 e. The second-order valence-corrected chi connectivity index (χ2v) is 3.32. The van der Waals surface area contributed by atoms with Crippen LogP contribution in [0.4, 0.5) is 0 Å². The molecule has 0 aliphatic rings. The molecular formula is C6H14NO2S-. The van der Waals surface area contributed by atoms with Gasteiger partial charge in [0, 0.05) is 17.3 Å². The molecule has 0 radical (unpaired) electrons. The highest BCUT2D eigenvalue weighted by Gasteiger charge is 2.08. The van der Waals surface area contributed by atoms with Crippen molar-refractivity contribution in [2.24, 2.45) is 5.92 Å². The van der Waals surface area contributed by atoms with Crippen molar-refractivity contribution in [3.05, 3.63) is 0 Å². The SMILES string of the molecule is CCC(NS(=O)[O-])C(C)C. The number of hydrogen-bond acceptors (Lipinski definition) is 2. The lowest BCUT2D eigenvalue weighted by Crippen LogP contribution is -2.34. The maximum absolute atomic E-state index is 10.2. The summed E-state index contributed by atoms with van der Waals surface area (Å²) in [4.78, 5) is 0. The third-order valence-corrected chi connectivity index (χ3v) is 1.99. The van der Waals surface area contributed by atoms with Gasteiger partial charge in [0.2, 0.25) is 0 Å². The summed E-state index contributed by atoms with van der Waals surface area (Å²) in [5.74, 6) is 0.364. The van der Waals surface area contributed by atoms with Gasteiger partial charge in [-0.25, -0.2) is 4.72 Å². The maximum atomic E-state index is 10.2. The van der Waals surface area contributed by atoms with Gasteiger partial charge in [-0.05, 0) is 12.3 Å². The first kappa shape index (κ1) is 10.1. The van der Waals surface area contributed by atoms with Crippen LogP contribution in [0, 0.1) is 5.92 Å². The third-order valence-electron chi connectivity index (χ3n) is 1.49. The predicted molar refractivity (Wildman–Crippen MR) is 41.0 cm³/mol. The fraction of sp³-hybridized carbons (Fsp3) is 1.00. The van der Waals surface area contributed by atoms with E-state index < -0.39 is 11.3 Å². The van der Waals surface area contributed by atoms with Crippen molar-refractivity contribution in [3.63, 3.8) is 0 Å². The second kappa shape index (κ2) is 4.82. The van der Waals surface area contributed by atoms with Crippen molar-refractivity contribution in [2.45, 2.75) is 33.2 Å². The van der Waals surface area contributed by atoms with Crippen LogP contribution < -0.4 is 4.72 Å². The van der Waals surface area contributed by atoms with Gasteiger partial charge in [-0.1, -0.05) is 20.8 Å². The molecule has 0 bridgehead atoms. The van der Waals surface area contributed by atoms with Gasteiger partial charge in [-0.15, -0.1) is 0 Å². The van der Waals surface area contributed by atoms with E-state index in [0.29, 0.717) is 5.92 Å². The maximum Gasteiger partial charge on any atom is 0.0204 e. The van der Waals surface area contributed by atoms with Crippen molar-refractivity contribution in [1.82, 2.24) is 4.72 Å². The molecule has 0 aromatic rings. The summed E-state index contributed by atoms with van der Waals surface area (Å²) in [6, 6.07) is 0.0818. The van der Waals surface area contributed by atoms with Crippen LogP contribution in [0.5, 0.6) is 0 Å². The largest absolute Gasteiger partial charge is 0.760 e. The molecule has 0 aliphatic heterocycles. The Hall–Kier alpha value is 0.0700. The zero-order chi connectivity index (χ0) is 8.15. The Labute approximate surface area is 64.6 Å². The summed E-state index contributed by atoms with van der Waals surface area (Å²) in [5, 5.41) is 0. The van der Waals surface area contributed by atoms with Crippen molar-refractivity contribution in [2.75, 3.05) is 0 Å². The zero-order valence-electron chi connectivity index (χ0n) is 6.59. The van der Waals surface area contributed by atoms with Crippen molar-refractivity contribution in [1.29, 1.82) is 0 Å². The molecule has 2 atom stereocenters. The number of nitrogens with one attached hydrogen (secondary N) is 1. The molecule has 0 aliphatic carbocycles. The summed E-state index contributed by atoms with van der Waals surface area (Å²) < 4.78 is 22.8. The van der Waals surface area contributed by atoms with Gasteiger partial charge in [-0.3, -0.25) is 4.21 Å². The second-order valence-electron chi connectivity index (χ2n) is 2.61. The fourth-order valence-corrected chi connectivity index (χ4v) is 1.50. The predicted octanol–water partition coefficient (Wildman–Crippen LogP) is 0.805. The van der Waals surface area contributed by atoms with Crippen molar-refractivity contribution >= 4 is 11.3 Å². The van der Waals surface area contributed by atoms with Crippen LogP contribution in [-0.2, 0) is 11.3 Å². The lowest BCUT2D eigenvalue weighted by molar-refractivity contribution is 0.425. The van der Waals surface area contributed by atoms with Gasteiger partial charge in [0.25, 0.3) is 0 Å². The van der Waals surface area contributed by atoms with E-state index in [4.69, 9.17) is 0 Å². The average Bonchev–Trinajstić information content (AvgIpc) is 1.81. The lowest BCUT2D eigenvalue weighted by Gasteiger charge is -2.21. The molecule has 3 nitrogen and oxygen atoms in total. The Morgan fingerprint density at radius 3 is 2.20 bits per heavy atom. The standard InChI is InChI=1S/C6H15NO2S/c1-4-6(5(2)3)7-10(8)9/h5-7H,4H2,1-3H3,(H,8,9)/p-1. The van der Waals surface area contributed by atoms with Crippen LogP contribution in [0.1, 0.15) is 27.2 Å². The van der Waals surface area contributed by atoms with Gasteiger partial charge >= 0.3 is 0 Å². The van der Waals surface area contributed by atoms with Gasteiger partial charge in [-0.2, -0.15) is 0 Å². The van der Waals surface area contributed by atoms with Crippen LogP contribution in [0.25, 0.3) is 0 Å². The highest BCUT2D eigenvalue weighted by molar-refractivity contribution is 7.77. The summed E-state index contributed by atoms with van der Waals surface area (Å²) >= 11 is -2.12. The first-order valence-electron chi connectivity index (χ1n) is 3.43. The van der Waals surface area contributed by atoms with E-state index in [2.05, 4.69) is 4.72 Å². The van der Waals surface area contributed by atoms with Gasteiger partial charge in [0.05, 0.1) is 0 Å². The molecule has 62 valence electrons. The van der Waals surface area contributed by atoms with E-state index in [0.717, 1.165) is 6.42 Å². The molecule has 10 heavy (non-hydrogen) atoms. The Morgan fingerprint density at radius 2 is 2.10 bits per heavy atom. The van der Waals surface area contributed by atoms with Crippen LogP contribution in [0.15, 0.2) is 0 Å². The topological polar surface area (TPSA) is 52.2 Å². The number of hydrogen-bond donors (Lipinski definition) is 1. The van der Waals surface area contributed by atoms with E-state index >= 15 is 0 Å². The summed E-state index contributed by atoms with van der Waals surface area (Å²) in [6.07, 6.45) is 0.839. The highest BCUT2D eigenvalue weighted by atomic mass is 32.2. The van der Waals surface area contributed by atoms with Crippen LogP contribution in [0.3, 0.4) is 0 Å². The Balaban J connectivity index is 3.71. The summed E-state index contributed by atoms with van der Waals surface area (Å²) in [6.45, 7) is 5.95. The van der Waals surface area contributed by atoms with E-state index in [9.17, 15) is 8.76 Å². The van der Waals surface area contributed by atoms with Gasteiger partial charge in [0.1, 0.15) is 0 Å². The third kappa shape index (κ3) is 3.98. The van der Waals surface area contributed by atoms with Gasteiger partial charge < -0.3 is 4.55 Å². The van der Waals surface area contributed by atoms with Crippen molar-refractivity contribution in [3.8, 4) is 0 Å². The highest BCUT2D eigenvalue weighted by Crippen LogP contribution is 2.04. The summed E-state index contributed by atoms with van der Waals surface area (Å²) in [7, 11) is 0. The molecule has 0 rings (SSSR count). The Morgan fingerprint density at radius 1 is 1.60 bits per heavy atom. The van der Waals surface area contributed by atoms with E-state index in [1.54, 1.807) is 0 Å². The lowest BCUT2D eigenvalue weighted by atomic mass is 10.0. The van der Waals surface area contributed by atoms with Crippen LogP contribution in [-0.4, -0.2) is 14.8 Å². The van der Waals surface area contributed by atoms with Crippen LogP contribution in [0.2, 0.25) is 0 Å². The minimum atomic E-state index is -2.12. The molecule has 0 saturated carbocycles. The Kier molecular flexibility index (Phi) is 4.85. The average molecular weight is 164 g/mol. The first-order valence-corrected chi connectivity index (χ1v) is 4.50. The molecule has 0 aromatic carbocycles. The molecular weight excluding hydrogens is 150 g/mol. The quantitative estimate of drug-likeness (QED) is 0.625. The monoisotopic (exact) mass is 164 g/mol. The van der Waals surface area contributed by atoms with Crippen LogP contribution >= 0.6 is 0 Å². The van der Waals surface area contributed by atoms with Gasteiger partial charge in [0.15, 0.2) is 0 Å². The molecule has 0 amide bonds. The fourth-order valence-electron chi connectivity index (χ4n) is 0.814. The molecule has 4 heteroatoms. The Bertz CT molecular complexity index is 116. The molecule has 0 spiro atoms. The van der Waals surface area contributed by atoms with E-state index in [1.165, 1.54) is 0 Å². The molecule has 0 saturated heterocycles. The van der Waals surface area contributed by atoms with E-state index in [-0.39, 0.29) is 6.04 Å². The molecule has 0 aromatic heterocycles. The van der Waals surface area contributed by atoms with Crippen molar-refractivity contribution < 1.29 is 8.76 Å². The molecule has 0 fully saturated rings. The normalized spacial score (nSPS) is 17.3. The first-order chi connectivity index (χ1) is 4.57. The zero-order valence-corrected chi connectivity index (χ0v) is 7.40. The molecule has 0 heterocycles. The molecule has 2 unspecified atom stereocenters. The van der Waals surface area contributed by atoms with E-state index in [1.807, 2.05) is 20.8 Å². The molecule has 1 N–H and O–H groups in total. The minimum Gasteiger partial charge on any atom is -0.760 e.